The Kier molecular flexibility index (Phi) is 5.67. The highest BCUT2D eigenvalue weighted by molar-refractivity contribution is 5.66. The van der Waals surface area contributed by atoms with Gasteiger partial charge in [-0.3, -0.25) is 4.98 Å². The average molecular weight is 410 g/mol. The van der Waals surface area contributed by atoms with Crippen LogP contribution in [-0.2, 0) is 11.2 Å². The minimum atomic E-state index is -2.95. The molecular weight excluding hydrogens is 386 g/mol. The summed E-state index contributed by atoms with van der Waals surface area (Å²) in [6.07, 6.45) is 8.57. The van der Waals surface area contributed by atoms with E-state index >= 15 is 0 Å². The lowest BCUT2D eigenvalue weighted by Gasteiger charge is -2.29. The average Bonchev–Trinajstić information content (AvgIpc) is 2.87. The van der Waals surface area contributed by atoms with Gasteiger partial charge in [0.2, 0.25) is 5.88 Å². The monoisotopic (exact) mass is 410 g/mol. The number of ether oxygens (including phenoxy) is 1. The van der Waals surface area contributed by atoms with E-state index in [4.69, 9.17) is 4.74 Å². The normalized spacial score (nSPS) is 16.3. The fraction of sp³-hybridized carbons (Fsp3) is 0.435. The van der Waals surface area contributed by atoms with E-state index in [1.54, 1.807) is 0 Å². The van der Waals surface area contributed by atoms with E-state index in [1.165, 1.54) is 0 Å². The summed E-state index contributed by atoms with van der Waals surface area (Å²) in [6, 6.07) is 6.43. The molecule has 0 aromatic carbocycles. The lowest BCUT2D eigenvalue weighted by atomic mass is 9.92. The second-order valence-electron chi connectivity index (χ2n) is 7.59. The Bertz CT molecular complexity index is 1140. The zero-order chi connectivity index (χ0) is 21.3. The Morgan fingerprint density at radius 2 is 2.07 bits per heavy atom. The van der Waals surface area contributed by atoms with Crippen molar-refractivity contribution in [2.24, 2.45) is 4.99 Å². The van der Waals surface area contributed by atoms with Gasteiger partial charge < -0.3 is 9.30 Å². The third-order valence-corrected chi connectivity index (χ3v) is 5.93. The van der Waals surface area contributed by atoms with Crippen LogP contribution in [0.2, 0.25) is 0 Å². The number of rotatable bonds is 6. The highest BCUT2D eigenvalue weighted by Gasteiger charge is 2.29. The predicted octanol–water partition coefficient (Wildman–Crippen LogP) is 4.37. The van der Waals surface area contributed by atoms with Crippen LogP contribution in [-0.4, -0.2) is 16.2 Å². The predicted molar refractivity (Wildman–Crippen MR) is 109 cm³/mol. The number of halogens is 2. The number of hydrogen-bond donors (Lipinski definition) is 0. The van der Waals surface area contributed by atoms with E-state index in [2.05, 4.69) is 23.0 Å². The summed E-state index contributed by atoms with van der Waals surface area (Å²) in [5, 5.41) is 10.7. The molecule has 0 saturated heterocycles. The summed E-state index contributed by atoms with van der Waals surface area (Å²) in [5.74, 6) is -0.0362. The van der Waals surface area contributed by atoms with E-state index in [-0.39, 0.29) is 11.9 Å². The first kappa shape index (κ1) is 20.3. The molecule has 0 N–H and O–H groups in total. The Labute approximate surface area is 174 Å². The first-order chi connectivity index (χ1) is 14.6. The van der Waals surface area contributed by atoms with Crippen molar-refractivity contribution in [1.29, 1.82) is 5.26 Å². The van der Waals surface area contributed by atoms with Crippen LogP contribution in [0.1, 0.15) is 63.1 Å². The fourth-order valence-electron chi connectivity index (χ4n) is 4.02. The Hall–Kier alpha value is -3.01. The molecule has 2 aromatic heterocycles. The van der Waals surface area contributed by atoms with Gasteiger partial charge in [0.25, 0.3) is 0 Å². The Morgan fingerprint density at radius 1 is 1.27 bits per heavy atom. The maximum absolute atomic E-state index is 13.1. The van der Waals surface area contributed by atoms with Crippen molar-refractivity contribution in [2.75, 3.05) is 0 Å². The van der Waals surface area contributed by atoms with Crippen LogP contribution in [0.5, 0.6) is 0 Å². The molecule has 0 radical (unpaired) electrons. The van der Waals surface area contributed by atoms with Gasteiger partial charge in [-0.15, -0.1) is 0 Å². The molecule has 2 aromatic rings. The summed E-state index contributed by atoms with van der Waals surface area (Å²) in [5.41, 5.74) is 4.23. The number of hydrogen-bond acceptors (Lipinski definition) is 4. The molecule has 3 heterocycles. The van der Waals surface area contributed by atoms with Crippen molar-refractivity contribution < 1.29 is 13.5 Å². The summed E-state index contributed by atoms with van der Waals surface area (Å²) >= 11 is 0. The number of allylic oxidation sites excluding steroid dienone is 1. The van der Waals surface area contributed by atoms with Gasteiger partial charge in [-0.2, -0.15) is 19.0 Å². The van der Waals surface area contributed by atoms with Crippen molar-refractivity contribution in [3.63, 3.8) is 0 Å². The molecule has 7 heteroatoms. The molecule has 2 aliphatic rings. The maximum atomic E-state index is 13.1. The van der Waals surface area contributed by atoms with Crippen molar-refractivity contribution in [2.45, 2.75) is 65.0 Å². The molecule has 0 unspecified atom stereocenters. The lowest BCUT2D eigenvalue weighted by molar-refractivity contribution is -0.0982. The molecule has 0 bridgehead atoms. The Balaban J connectivity index is 2.01. The minimum absolute atomic E-state index is 0.0362. The molecule has 30 heavy (non-hydrogen) atoms. The number of pyridine rings is 1. The molecule has 1 aliphatic heterocycles. The van der Waals surface area contributed by atoms with Crippen molar-refractivity contribution in [3.05, 3.63) is 51.6 Å². The van der Waals surface area contributed by atoms with Gasteiger partial charge in [0.15, 0.2) is 0 Å². The molecule has 0 amide bonds. The summed E-state index contributed by atoms with van der Waals surface area (Å²) < 4.78 is 32.9. The van der Waals surface area contributed by atoms with Gasteiger partial charge >= 0.3 is 6.61 Å². The van der Waals surface area contributed by atoms with Crippen LogP contribution >= 0.6 is 0 Å². The van der Waals surface area contributed by atoms with Gasteiger partial charge in [-0.25, -0.2) is 0 Å². The standard InChI is InChI=1S/C23H24F2N4O/c1-3-14-8-11-19(27-13-14)20-18(12-26)17-10-9-15(4-2)22(30-23(24)25)28-21(17)29(20)16-6-5-7-16/h8,10-11,13,16,23H,3-7,9H2,1-2H3. The van der Waals surface area contributed by atoms with Crippen molar-refractivity contribution in [1.82, 2.24) is 9.55 Å². The number of alkyl halides is 2. The van der Waals surface area contributed by atoms with Crippen molar-refractivity contribution >= 4 is 6.08 Å². The molecule has 4 rings (SSSR count). The van der Waals surface area contributed by atoms with E-state index in [0.717, 1.165) is 31.2 Å². The number of fused-ring (bicyclic) bond motifs is 1. The molecule has 5 nitrogen and oxygen atoms in total. The largest absolute Gasteiger partial charge is 0.417 e. The third kappa shape index (κ3) is 3.51. The highest BCUT2D eigenvalue weighted by Crippen LogP contribution is 2.35. The quantitative estimate of drug-likeness (QED) is 0.710. The smallest absolute Gasteiger partial charge is 0.388 e. The second kappa shape index (κ2) is 8.39. The van der Waals surface area contributed by atoms with Crippen LogP contribution in [0.3, 0.4) is 0 Å². The third-order valence-electron chi connectivity index (χ3n) is 5.93. The molecule has 1 saturated carbocycles. The van der Waals surface area contributed by atoms with E-state index < -0.39 is 6.61 Å². The highest BCUT2D eigenvalue weighted by atomic mass is 19.3. The first-order valence-electron chi connectivity index (χ1n) is 10.4. The van der Waals surface area contributed by atoms with Crippen LogP contribution in [0.25, 0.3) is 17.5 Å². The van der Waals surface area contributed by atoms with Gasteiger partial charge in [0.05, 0.1) is 17.0 Å². The minimum Gasteiger partial charge on any atom is -0.417 e. The van der Waals surface area contributed by atoms with E-state index in [0.29, 0.717) is 46.1 Å². The van der Waals surface area contributed by atoms with Crippen LogP contribution < -0.4 is 10.7 Å². The maximum Gasteiger partial charge on any atom is 0.388 e. The number of aromatic nitrogens is 2. The van der Waals surface area contributed by atoms with Gasteiger partial charge in [0, 0.05) is 17.5 Å². The molecule has 0 spiro atoms. The molecule has 0 atom stereocenters. The van der Waals surface area contributed by atoms with E-state index in [9.17, 15) is 14.0 Å². The fourth-order valence-corrected chi connectivity index (χ4v) is 4.02. The van der Waals surface area contributed by atoms with Crippen LogP contribution in [0.4, 0.5) is 8.78 Å². The molecule has 1 aliphatic carbocycles. The lowest BCUT2D eigenvalue weighted by Crippen LogP contribution is -2.35. The summed E-state index contributed by atoms with van der Waals surface area (Å²) in [4.78, 5) is 9.16. The zero-order valence-electron chi connectivity index (χ0n) is 17.2. The van der Waals surface area contributed by atoms with Gasteiger partial charge in [-0.05, 0) is 55.7 Å². The number of aryl methyl sites for hydroxylation is 1. The number of nitriles is 1. The van der Waals surface area contributed by atoms with Crippen LogP contribution in [0.15, 0.2) is 34.8 Å². The summed E-state index contributed by atoms with van der Waals surface area (Å²) in [7, 11) is 0. The molecule has 156 valence electrons. The zero-order valence-corrected chi connectivity index (χ0v) is 17.2. The topological polar surface area (TPSA) is 63.2 Å². The summed E-state index contributed by atoms with van der Waals surface area (Å²) in [6.45, 7) is 1.00. The van der Waals surface area contributed by atoms with Gasteiger partial charge in [0.1, 0.15) is 11.6 Å². The van der Waals surface area contributed by atoms with Crippen molar-refractivity contribution in [3.8, 4) is 17.5 Å². The van der Waals surface area contributed by atoms with Crippen LogP contribution in [0, 0.1) is 11.3 Å². The van der Waals surface area contributed by atoms with E-state index in [1.807, 2.05) is 35.9 Å². The molecule has 1 fully saturated rings. The first-order valence-corrected chi connectivity index (χ1v) is 10.4. The number of nitrogens with zero attached hydrogens (tertiary/aromatic N) is 4. The van der Waals surface area contributed by atoms with Gasteiger partial charge in [-0.1, -0.05) is 26.0 Å². The molecular formula is C23H24F2N4O. The Morgan fingerprint density at radius 3 is 2.60 bits per heavy atom. The second-order valence-corrected chi connectivity index (χ2v) is 7.59. The SMILES string of the molecule is CCC1=C(OC(F)F)N=c2c(c(C#N)c(-c3ccc(CC)cn3)n2C2CCC2)=CC1.